The summed E-state index contributed by atoms with van der Waals surface area (Å²) in [4.78, 5) is 4.07. The van der Waals surface area contributed by atoms with Crippen molar-refractivity contribution in [2.45, 2.75) is 56.5 Å². The molecular weight excluding hydrogens is 374 g/mol. The zero-order chi connectivity index (χ0) is 19.6. The molecule has 4 rings (SSSR count). The molecule has 8 heteroatoms. The van der Waals surface area contributed by atoms with Gasteiger partial charge in [0.05, 0.1) is 17.7 Å². The van der Waals surface area contributed by atoms with Crippen LogP contribution in [0.2, 0.25) is 0 Å². The maximum absolute atomic E-state index is 12.9. The van der Waals surface area contributed by atoms with E-state index in [4.69, 9.17) is 5.10 Å². The Labute approximate surface area is 165 Å². The fourth-order valence-corrected chi connectivity index (χ4v) is 4.69. The second-order valence-corrected chi connectivity index (χ2v) is 8.87. The summed E-state index contributed by atoms with van der Waals surface area (Å²) < 4.78 is 32.0. The van der Waals surface area contributed by atoms with E-state index in [1.54, 1.807) is 21.8 Å². The van der Waals surface area contributed by atoms with Crippen molar-refractivity contribution >= 4 is 15.8 Å². The number of hydrogen-bond donors (Lipinski definition) is 1. The zero-order valence-electron chi connectivity index (χ0n) is 16.0. The maximum Gasteiger partial charge on any atom is 0.282 e. The van der Waals surface area contributed by atoms with Crippen LogP contribution in [0.15, 0.2) is 53.9 Å². The average Bonchev–Trinajstić information content (AvgIpc) is 3.43. The average molecular weight is 400 g/mol. The molecular formula is C20H25N5O2S. The summed E-state index contributed by atoms with van der Waals surface area (Å²) >= 11 is 0. The van der Waals surface area contributed by atoms with Crippen LogP contribution < -0.4 is 4.72 Å². The number of aromatic nitrogens is 4. The molecule has 3 aromatic rings. The van der Waals surface area contributed by atoms with E-state index in [1.807, 2.05) is 43.3 Å². The number of benzene rings is 1. The summed E-state index contributed by atoms with van der Waals surface area (Å²) in [7, 11) is -3.79. The number of nitrogens with one attached hydrogen (secondary N) is 1. The summed E-state index contributed by atoms with van der Waals surface area (Å²) in [5.41, 5.74) is 1.76. The standard InChI is InChI=1S/C20H25N5O2S/c1-2-12-24-14-20(21-15-24)28(26,27)23-19-13-18(16-8-6-7-9-16)22-25(19)17-10-4-3-5-11-17/h3-5,10-11,13-16,23H,2,6-9,12H2,1H3. The van der Waals surface area contributed by atoms with E-state index in [9.17, 15) is 8.42 Å². The van der Waals surface area contributed by atoms with Crippen LogP contribution in [-0.2, 0) is 16.6 Å². The summed E-state index contributed by atoms with van der Waals surface area (Å²) in [6.07, 6.45) is 8.61. The second-order valence-electron chi connectivity index (χ2n) is 7.24. The van der Waals surface area contributed by atoms with Crippen LogP contribution in [-0.4, -0.2) is 27.7 Å². The fraction of sp³-hybridized carbons (Fsp3) is 0.400. The third-order valence-electron chi connectivity index (χ3n) is 5.11. The van der Waals surface area contributed by atoms with Crippen molar-refractivity contribution in [1.29, 1.82) is 0 Å². The van der Waals surface area contributed by atoms with Crippen LogP contribution in [0.5, 0.6) is 0 Å². The largest absolute Gasteiger partial charge is 0.336 e. The Morgan fingerprint density at radius 1 is 1.18 bits per heavy atom. The quantitative estimate of drug-likeness (QED) is 0.652. The molecule has 2 heterocycles. The molecule has 1 aromatic carbocycles. The first kappa shape index (κ1) is 18.7. The number of anilines is 1. The summed E-state index contributed by atoms with van der Waals surface area (Å²) in [5, 5.41) is 4.76. The predicted molar refractivity (Wildman–Crippen MR) is 108 cm³/mol. The van der Waals surface area contributed by atoms with Crippen molar-refractivity contribution in [3.05, 3.63) is 54.6 Å². The van der Waals surface area contributed by atoms with Gasteiger partial charge in [0, 0.05) is 24.7 Å². The van der Waals surface area contributed by atoms with Gasteiger partial charge in [-0.1, -0.05) is 38.0 Å². The Bertz CT molecular complexity index is 1030. The van der Waals surface area contributed by atoms with E-state index >= 15 is 0 Å². The molecule has 1 N–H and O–H groups in total. The van der Waals surface area contributed by atoms with Crippen molar-refractivity contribution in [3.63, 3.8) is 0 Å². The molecule has 0 unspecified atom stereocenters. The van der Waals surface area contributed by atoms with Crippen LogP contribution >= 0.6 is 0 Å². The van der Waals surface area contributed by atoms with Gasteiger partial charge in [-0.2, -0.15) is 13.5 Å². The molecule has 1 saturated carbocycles. The number of para-hydroxylation sites is 1. The summed E-state index contributed by atoms with van der Waals surface area (Å²) in [6.45, 7) is 2.77. The molecule has 0 bridgehead atoms. The van der Waals surface area contributed by atoms with E-state index in [-0.39, 0.29) is 5.03 Å². The van der Waals surface area contributed by atoms with Crippen LogP contribution in [0.4, 0.5) is 5.82 Å². The molecule has 0 amide bonds. The highest BCUT2D eigenvalue weighted by atomic mass is 32.2. The van der Waals surface area contributed by atoms with Gasteiger partial charge in [0.1, 0.15) is 5.82 Å². The first-order chi connectivity index (χ1) is 13.6. The van der Waals surface area contributed by atoms with E-state index < -0.39 is 10.0 Å². The van der Waals surface area contributed by atoms with E-state index in [0.29, 0.717) is 11.7 Å². The number of imidazole rings is 1. The van der Waals surface area contributed by atoms with Crippen LogP contribution in [0.25, 0.3) is 5.69 Å². The molecule has 0 atom stereocenters. The van der Waals surface area contributed by atoms with Gasteiger partial charge in [-0.3, -0.25) is 4.72 Å². The Hall–Kier alpha value is -2.61. The van der Waals surface area contributed by atoms with E-state index in [0.717, 1.165) is 37.2 Å². The van der Waals surface area contributed by atoms with Gasteiger partial charge in [0.25, 0.3) is 10.0 Å². The van der Waals surface area contributed by atoms with Gasteiger partial charge in [-0.05, 0) is 31.4 Å². The van der Waals surface area contributed by atoms with Crippen LogP contribution in [0.1, 0.15) is 50.6 Å². The summed E-state index contributed by atoms with van der Waals surface area (Å²) in [5.74, 6) is 0.829. The summed E-state index contributed by atoms with van der Waals surface area (Å²) in [6, 6.07) is 11.4. The lowest BCUT2D eigenvalue weighted by Gasteiger charge is -2.09. The first-order valence-corrected chi connectivity index (χ1v) is 11.2. The Kier molecular flexibility index (Phi) is 5.21. The van der Waals surface area contributed by atoms with Crippen molar-refractivity contribution in [2.75, 3.05) is 4.72 Å². The van der Waals surface area contributed by atoms with Gasteiger partial charge >= 0.3 is 0 Å². The highest BCUT2D eigenvalue weighted by Crippen LogP contribution is 2.35. The monoisotopic (exact) mass is 399 g/mol. The number of rotatable bonds is 7. The van der Waals surface area contributed by atoms with Crippen LogP contribution in [0.3, 0.4) is 0 Å². The SMILES string of the molecule is CCCn1cnc(S(=O)(=O)Nc2cc(C3CCCC3)nn2-c2ccccc2)c1. The second kappa shape index (κ2) is 7.79. The molecule has 0 saturated heterocycles. The molecule has 0 spiro atoms. The van der Waals surface area contributed by atoms with Gasteiger partial charge in [0.15, 0.2) is 5.03 Å². The molecule has 7 nitrogen and oxygen atoms in total. The molecule has 0 aliphatic heterocycles. The smallest absolute Gasteiger partial charge is 0.282 e. The van der Waals surface area contributed by atoms with E-state index in [2.05, 4.69) is 9.71 Å². The predicted octanol–water partition coefficient (Wildman–Crippen LogP) is 3.94. The molecule has 148 valence electrons. The molecule has 2 aromatic heterocycles. The van der Waals surface area contributed by atoms with Gasteiger partial charge < -0.3 is 4.57 Å². The van der Waals surface area contributed by atoms with Gasteiger partial charge in [0.2, 0.25) is 0 Å². The van der Waals surface area contributed by atoms with Crippen molar-refractivity contribution in [1.82, 2.24) is 19.3 Å². The van der Waals surface area contributed by atoms with Crippen molar-refractivity contribution in [2.24, 2.45) is 0 Å². The lowest BCUT2D eigenvalue weighted by molar-refractivity contribution is 0.597. The molecule has 1 aliphatic carbocycles. The van der Waals surface area contributed by atoms with Crippen molar-refractivity contribution < 1.29 is 8.42 Å². The zero-order valence-corrected chi connectivity index (χ0v) is 16.8. The van der Waals surface area contributed by atoms with Gasteiger partial charge in [-0.15, -0.1) is 0 Å². The lowest BCUT2D eigenvalue weighted by Crippen LogP contribution is -2.16. The van der Waals surface area contributed by atoms with E-state index in [1.165, 1.54) is 12.8 Å². The molecule has 1 aliphatic rings. The highest BCUT2D eigenvalue weighted by Gasteiger charge is 2.25. The van der Waals surface area contributed by atoms with Crippen LogP contribution in [0, 0.1) is 0 Å². The Morgan fingerprint density at radius 2 is 1.93 bits per heavy atom. The highest BCUT2D eigenvalue weighted by molar-refractivity contribution is 7.92. The lowest BCUT2D eigenvalue weighted by atomic mass is 10.1. The van der Waals surface area contributed by atoms with Crippen molar-refractivity contribution in [3.8, 4) is 5.69 Å². The van der Waals surface area contributed by atoms with Gasteiger partial charge in [-0.25, -0.2) is 9.67 Å². The third kappa shape index (κ3) is 3.82. The minimum Gasteiger partial charge on any atom is -0.336 e. The Morgan fingerprint density at radius 3 is 2.64 bits per heavy atom. The number of nitrogens with zero attached hydrogens (tertiary/aromatic N) is 4. The first-order valence-electron chi connectivity index (χ1n) is 9.77. The normalized spacial score (nSPS) is 15.2. The molecule has 1 fully saturated rings. The number of hydrogen-bond acceptors (Lipinski definition) is 4. The topological polar surface area (TPSA) is 81.8 Å². The maximum atomic E-state index is 12.9. The Balaban J connectivity index is 1.69. The molecule has 0 radical (unpaired) electrons. The molecule has 28 heavy (non-hydrogen) atoms. The number of aryl methyl sites for hydroxylation is 1. The minimum absolute atomic E-state index is 0.0178. The fourth-order valence-electron chi connectivity index (χ4n) is 3.71. The number of sulfonamides is 1. The minimum atomic E-state index is -3.79. The third-order valence-corrected chi connectivity index (χ3v) is 6.35.